The van der Waals surface area contributed by atoms with Gasteiger partial charge in [0, 0.05) is 0 Å². The molecule has 2 fully saturated rings. The van der Waals surface area contributed by atoms with Crippen molar-refractivity contribution in [3.8, 4) is 0 Å². The number of hydrogen-bond acceptors (Lipinski definition) is 3. The highest BCUT2D eigenvalue weighted by atomic mass is 16.5. The van der Waals surface area contributed by atoms with Gasteiger partial charge in [-0.2, -0.15) is 0 Å². The van der Waals surface area contributed by atoms with E-state index in [0.717, 1.165) is 0 Å². The minimum absolute atomic E-state index is 0.0813. The van der Waals surface area contributed by atoms with Crippen molar-refractivity contribution in [1.29, 1.82) is 0 Å². The average Bonchev–Trinajstić information content (AvgIpc) is 2.53. The summed E-state index contributed by atoms with van der Waals surface area (Å²) in [6.45, 7) is 3.09. The number of nitrogens with one attached hydrogen (secondary N) is 1. The van der Waals surface area contributed by atoms with Crippen molar-refractivity contribution in [2.45, 2.75) is 25.8 Å². The van der Waals surface area contributed by atoms with Crippen LogP contribution in [0, 0.1) is 17.8 Å². The lowest BCUT2D eigenvalue weighted by Gasteiger charge is -2.28. The second-order valence-electron chi connectivity index (χ2n) is 4.87. The molecule has 0 aromatic heterocycles. The average molecular weight is 227 g/mol. The Labute approximate surface area is 94.2 Å². The molecule has 1 aliphatic carbocycles. The third kappa shape index (κ3) is 2.19. The van der Waals surface area contributed by atoms with Crippen molar-refractivity contribution in [3.63, 3.8) is 0 Å². The Morgan fingerprint density at radius 2 is 1.88 bits per heavy atom. The van der Waals surface area contributed by atoms with E-state index in [2.05, 4.69) is 5.32 Å². The highest BCUT2D eigenvalue weighted by molar-refractivity contribution is 5.85. The van der Waals surface area contributed by atoms with Crippen molar-refractivity contribution in [2.24, 2.45) is 17.8 Å². The number of hydrogen-bond donors (Lipinski definition) is 2. The lowest BCUT2D eigenvalue weighted by molar-refractivity contribution is -0.146. The summed E-state index contributed by atoms with van der Waals surface area (Å²) in [5, 5.41) is 11.9. The molecule has 90 valence electrons. The molecule has 3 unspecified atom stereocenters. The maximum atomic E-state index is 11.9. The molecule has 16 heavy (non-hydrogen) atoms. The molecule has 2 rings (SSSR count). The quantitative estimate of drug-likeness (QED) is 0.724. The number of aliphatic carboxylic acids is 1. The zero-order chi connectivity index (χ0) is 11.7. The topological polar surface area (TPSA) is 75.6 Å². The van der Waals surface area contributed by atoms with Gasteiger partial charge in [-0.1, -0.05) is 6.92 Å². The number of amides is 1. The Balaban J connectivity index is 1.95. The minimum Gasteiger partial charge on any atom is -0.481 e. The van der Waals surface area contributed by atoms with E-state index in [1.807, 2.05) is 6.92 Å². The van der Waals surface area contributed by atoms with Crippen LogP contribution in [0.5, 0.6) is 0 Å². The molecule has 3 atom stereocenters. The number of carbonyl (C=O) groups is 2. The zero-order valence-corrected chi connectivity index (χ0v) is 9.31. The Morgan fingerprint density at radius 3 is 2.38 bits per heavy atom. The zero-order valence-electron chi connectivity index (χ0n) is 9.31. The van der Waals surface area contributed by atoms with Crippen molar-refractivity contribution in [3.05, 3.63) is 0 Å². The molecule has 0 aromatic carbocycles. The molecule has 0 bridgehead atoms. The van der Waals surface area contributed by atoms with Crippen LogP contribution in [-0.4, -0.2) is 36.2 Å². The van der Waals surface area contributed by atoms with Crippen molar-refractivity contribution < 1.29 is 19.4 Å². The Kier molecular flexibility index (Phi) is 3.14. The van der Waals surface area contributed by atoms with Gasteiger partial charge in [0.1, 0.15) is 0 Å². The summed E-state index contributed by atoms with van der Waals surface area (Å²) in [7, 11) is 0. The monoisotopic (exact) mass is 227 g/mol. The van der Waals surface area contributed by atoms with Gasteiger partial charge in [0.25, 0.3) is 0 Å². The highest BCUT2D eigenvalue weighted by Gasteiger charge is 2.41. The maximum Gasteiger partial charge on any atom is 0.307 e. The van der Waals surface area contributed by atoms with Gasteiger partial charge in [0.15, 0.2) is 0 Å². The molecule has 5 nitrogen and oxygen atoms in total. The van der Waals surface area contributed by atoms with Crippen molar-refractivity contribution in [1.82, 2.24) is 5.32 Å². The fourth-order valence-electron chi connectivity index (χ4n) is 2.48. The second-order valence-corrected chi connectivity index (χ2v) is 4.87. The summed E-state index contributed by atoms with van der Waals surface area (Å²) in [5.41, 5.74) is 0. The van der Waals surface area contributed by atoms with Gasteiger partial charge in [0.2, 0.25) is 5.91 Å². The van der Waals surface area contributed by atoms with E-state index in [-0.39, 0.29) is 17.9 Å². The van der Waals surface area contributed by atoms with Crippen LogP contribution >= 0.6 is 0 Å². The van der Waals surface area contributed by atoms with Gasteiger partial charge in [0.05, 0.1) is 31.1 Å². The number of carbonyl (C=O) groups excluding carboxylic acids is 1. The molecule has 1 aliphatic heterocycles. The summed E-state index contributed by atoms with van der Waals surface area (Å²) < 4.78 is 4.96. The summed E-state index contributed by atoms with van der Waals surface area (Å²) in [6, 6.07) is 0.0813. The van der Waals surface area contributed by atoms with E-state index in [1.165, 1.54) is 0 Å². The molecule has 0 radical (unpaired) electrons. The van der Waals surface area contributed by atoms with Gasteiger partial charge in [-0.3, -0.25) is 9.59 Å². The molecular weight excluding hydrogens is 210 g/mol. The Bertz CT molecular complexity index is 300. The standard InChI is InChI=1S/C11H17NO4/c1-6-2-8(9(3-6)11(14)15)10(13)12-7-4-16-5-7/h6-9H,2-5H2,1H3,(H,12,13)(H,14,15). The summed E-state index contributed by atoms with van der Waals surface area (Å²) in [5.74, 6) is -1.54. The predicted molar refractivity (Wildman–Crippen MR) is 55.8 cm³/mol. The molecule has 5 heteroatoms. The Morgan fingerprint density at radius 1 is 1.25 bits per heavy atom. The van der Waals surface area contributed by atoms with Crippen molar-refractivity contribution >= 4 is 11.9 Å². The highest BCUT2D eigenvalue weighted by Crippen LogP contribution is 2.36. The van der Waals surface area contributed by atoms with Gasteiger partial charge in [-0.25, -0.2) is 0 Å². The lowest BCUT2D eigenvalue weighted by Crippen LogP contribution is -2.51. The second kappa shape index (κ2) is 4.41. The van der Waals surface area contributed by atoms with E-state index in [9.17, 15) is 9.59 Å². The first-order valence-corrected chi connectivity index (χ1v) is 5.69. The fourth-order valence-corrected chi connectivity index (χ4v) is 2.48. The summed E-state index contributed by atoms with van der Waals surface area (Å²) in [6.07, 6.45) is 1.28. The van der Waals surface area contributed by atoms with E-state index in [4.69, 9.17) is 9.84 Å². The number of carboxylic acid groups (broad SMARTS) is 1. The molecule has 1 saturated carbocycles. The normalized spacial score (nSPS) is 34.4. The van der Waals surface area contributed by atoms with Crippen LogP contribution in [-0.2, 0) is 14.3 Å². The van der Waals surface area contributed by atoms with E-state index >= 15 is 0 Å². The molecule has 1 heterocycles. The molecular formula is C11H17NO4. The van der Waals surface area contributed by atoms with Gasteiger partial charge < -0.3 is 15.2 Å². The first kappa shape index (κ1) is 11.4. The molecule has 0 aromatic rings. The molecule has 2 aliphatic rings. The lowest BCUT2D eigenvalue weighted by atomic mass is 9.95. The van der Waals surface area contributed by atoms with E-state index in [1.54, 1.807) is 0 Å². The number of rotatable bonds is 3. The number of ether oxygens (including phenoxy) is 1. The van der Waals surface area contributed by atoms with Crippen LogP contribution in [0.25, 0.3) is 0 Å². The predicted octanol–water partition coefficient (Wildman–Crippen LogP) is 0.248. The van der Waals surface area contributed by atoms with Crippen LogP contribution in [0.4, 0.5) is 0 Å². The fraction of sp³-hybridized carbons (Fsp3) is 0.818. The SMILES string of the molecule is CC1CC(C(=O)O)C(C(=O)NC2COC2)C1. The first-order chi connectivity index (χ1) is 7.58. The largest absolute Gasteiger partial charge is 0.481 e. The maximum absolute atomic E-state index is 11.9. The summed E-state index contributed by atoms with van der Waals surface area (Å²) in [4.78, 5) is 22.9. The molecule has 1 saturated heterocycles. The molecule has 1 amide bonds. The van der Waals surface area contributed by atoms with Gasteiger partial charge in [-0.05, 0) is 18.8 Å². The minimum atomic E-state index is -0.852. The first-order valence-electron chi connectivity index (χ1n) is 5.69. The molecule has 0 spiro atoms. The van der Waals surface area contributed by atoms with Gasteiger partial charge >= 0.3 is 5.97 Å². The number of carboxylic acids is 1. The van der Waals surface area contributed by atoms with Crippen LogP contribution < -0.4 is 5.32 Å². The Hall–Kier alpha value is -1.10. The van der Waals surface area contributed by atoms with E-state index in [0.29, 0.717) is 32.0 Å². The van der Waals surface area contributed by atoms with Crippen LogP contribution in [0.2, 0.25) is 0 Å². The third-order valence-corrected chi connectivity index (χ3v) is 3.44. The van der Waals surface area contributed by atoms with Crippen LogP contribution in [0.3, 0.4) is 0 Å². The van der Waals surface area contributed by atoms with E-state index < -0.39 is 11.9 Å². The third-order valence-electron chi connectivity index (χ3n) is 3.44. The van der Waals surface area contributed by atoms with Crippen molar-refractivity contribution in [2.75, 3.05) is 13.2 Å². The van der Waals surface area contributed by atoms with Gasteiger partial charge in [-0.15, -0.1) is 0 Å². The smallest absolute Gasteiger partial charge is 0.307 e. The molecule has 2 N–H and O–H groups in total. The van der Waals surface area contributed by atoms with Crippen LogP contribution in [0.1, 0.15) is 19.8 Å². The summed E-state index contributed by atoms with van der Waals surface area (Å²) >= 11 is 0. The van der Waals surface area contributed by atoms with Crippen LogP contribution in [0.15, 0.2) is 0 Å².